The molecule has 0 spiro atoms. The van der Waals surface area contributed by atoms with Crippen LogP contribution in [-0.4, -0.2) is 19.9 Å². The number of hydrogen-bond donors (Lipinski definition) is 1. The third kappa shape index (κ3) is 3.06. The fourth-order valence-corrected chi connectivity index (χ4v) is 3.87. The molecule has 0 atom stereocenters. The summed E-state index contributed by atoms with van der Waals surface area (Å²) in [7, 11) is 0. The van der Waals surface area contributed by atoms with Crippen LogP contribution in [0.25, 0.3) is 22.4 Å². The van der Waals surface area contributed by atoms with Crippen LogP contribution in [0.3, 0.4) is 0 Å². The minimum absolute atomic E-state index is 0.160. The van der Waals surface area contributed by atoms with Crippen LogP contribution in [0, 0.1) is 6.92 Å². The summed E-state index contributed by atoms with van der Waals surface area (Å²) in [6, 6.07) is 12.5. The molecule has 3 aromatic heterocycles. The molecule has 29 heavy (non-hydrogen) atoms. The van der Waals surface area contributed by atoms with Crippen LogP contribution in [0.4, 0.5) is 5.95 Å². The SMILES string of the molecule is Cc1ccc(-c2coc(C3(c4ccc(-c5cnc(N)nc5)cc4)CCC3)n2)cn1. The van der Waals surface area contributed by atoms with E-state index >= 15 is 0 Å². The lowest BCUT2D eigenvalue weighted by Crippen LogP contribution is -2.35. The van der Waals surface area contributed by atoms with Crippen LogP contribution in [0.5, 0.6) is 0 Å². The first kappa shape index (κ1) is 17.6. The summed E-state index contributed by atoms with van der Waals surface area (Å²) in [6.45, 7) is 1.97. The number of rotatable bonds is 4. The summed E-state index contributed by atoms with van der Waals surface area (Å²) in [5.41, 5.74) is 11.4. The molecule has 144 valence electrons. The van der Waals surface area contributed by atoms with Crippen molar-refractivity contribution >= 4 is 5.95 Å². The van der Waals surface area contributed by atoms with Gasteiger partial charge in [-0.3, -0.25) is 4.98 Å². The molecule has 4 aromatic rings. The van der Waals surface area contributed by atoms with Crippen LogP contribution in [0.1, 0.15) is 36.4 Å². The molecule has 0 unspecified atom stereocenters. The Morgan fingerprint density at radius 3 is 2.17 bits per heavy atom. The van der Waals surface area contributed by atoms with Gasteiger partial charge < -0.3 is 10.2 Å². The van der Waals surface area contributed by atoms with E-state index in [-0.39, 0.29) is 11.4 Å². The maximum Gasteiger partial charge on any atom is 0.219 e. The van der Waals surface area contributed by atoms with Crippen molar-refractivity contribution in [3.8, 4) is 22.4 Å². The van der Waals surface area contributed by atoms with E-state index in [1.54, 1.807) is 18.7 Å². The summed E-state index contributed by atoms with van der Waals surface area (Å²) in [4.78, 5) is 17.3. The Morgan fingerprint density at radius 1 is 0.862 bits per heavy atom. The van der Waals surface area contributed by atoms with Crippen molar-refractivity contribution in [3.63, 3.8) is 0 Å². The zero-order valence-electron chi connectivity index (χ0n) is 16.2. The van der Waals surface area contributed by atoms with Gasteiger partial charge in [0, 0.05) is 35.4 Å². The van der Waals surface area contributed by atoms with Gasteiger partial charge in [0.05, 0.1) is 5.41 Å². The highest BCUT2D eigenvalue weighted by atomic mass is 16.3. The summed E-state index contributed by atoms with van der Waals surface area (Å²) >= 11 is 0. The molecule has 1 aliphatic carbocycles. The zero-order chi connectivity index (χ0) is 19.8. The first-order valence-electron chi connectivity index (χ1n) is 9.71. The Balaban J connectivity index is 1.46. The average molecular weight is 383 g/mol. The maximum absolute atomic E-state index is 5.97. The van der Waals surface area contributed by atoms with E-state index in [4.69, 9.17) is 15.1 Å². The Bertz CT molecular complexity index is 1130. The summed E-state index contributed by atoms with van der Waals surface area (Å²) in [5, 5.41) is 0. The van der Waals surface area contributed by atoms with E-state index in [1.165, 1.54) is 5.56 Å². The monoisotopic (exact) mass is 383 g/mol. The fourth-order valence-electron chi connectivity index (χ4n) is 3.87. The van der Waals surface area contributed by atoms with Crippen LogP contribution in [0.15, 0.2) is 65.7 Å². The Hall–Kier alpha value is -3.54. The number of oxazole rings is 1. The van der Waals surface area contributed by atoms with Gasteiger partial charge in [0.2, 0.25) is 11.8 Å². The second-order valence-electron chi connectivity index (χ2n) is 7.57. The van der Waals surface area contributed by atoms with Gasteiger partial charge in [-0.2, -0.15) is 0 Å². The van der Waals surface area contributed by atoms with Crippen molar-refractivity contribution in [2.24, 2.45) is 0 Å². The number of nitrogens with two attached hydrogens (primary N) is 1. The molecule has 1 aliphatic rings. The van der Waals surface area contributed by atoms with Gasteiger partial charge in [-0.1, -0.05) is 30.7 Å². The van der Waals surface area contributed by atoms with E-state index in [1.807, 2.05) is 25.3 Å². The number of benzene rings is 1. The molecule has 0 radical (unpaired) electrons. The molecule has 0 aliphatic heterocycles. The number of nitrogen functional groups attached to an aromatic ring is 1. The van der Waals surface area contributed by atoms with Gasteiger partial charge in [0.25, 0.3) is 0 Å². The quantitative estimate of drug-likeness (QED) is 0.556. The number of aryl methyl sites for hydroxylation is 1. The minimum atomic E-state index is -0.160. The zero-order valence-corrected chi connectivity index (χ0v) is 16.2. The molecule has 3 heterocycles. The molecular weight excluding hydrogens is 362 g/mol. The van der Waals surface area contributed by atoms with Gasteiger partial charge in [-0.15, -0.1) is 0 Å². The number of aromatic nitrogens is 4. The first-order valence-corrected chi connectivity index (χ1v) is 9.71. The lowest BCUT2D eigenvalue weighted by molar-refractivity contribution is 0.239. The highest BCUT2D eigenvalue weighted by Gasteiger charge is 2.44. The van der Waals surface area contributed by atoms with E-state index in [9.17, 15) is 0 Å². The van der Waals surface area contributed by atoms with Gasteiger partial charge in [0.15, 0.2) is 0 Å². The first-order chi connectivity index (χ1) is 14.1. The molecule has 2 N–H and O–H groups in total. The molecular formula is C23H21N5O. The fraction of sp³-hybridized carbons (Fsp3) is 0.217. The van der Waals surface area contributed by atoms with Crippen molar-refractivity contribution in [2.45, 2.75) is 31.6 Å². The second-order valence-corrected chi connectivity index (χ2v) is 7.57. The predicted octanol–water partition coefficient (Wildman–Crippen LogP) is 4.55. The van der Waals surface area contributed by atoms with E-state index in [2.05, 4.69) is 39.2 Å². The second kappa shape index (κ2) is 6.81. The van der Waals surface area contributed by atoms with Crippen LogP contribution in [-0.2, 0) is 5.41 Å². The molecule has 6 heteroatoms. The van der Waals surface area contributed by atoms with Gasteiger partial charge in [-0.25, -0.2) is 15.0 Å². The van der Waals surface area contributed by atoms with Crippen molar-refractivity contribution in [3.05, 3.63) is 78.4 Å². The molecule has 0 amide bonds. The topological polar surface area (TPSA) is 90.7 Å². The highest BCUT2D eigenvalue weighted by molar-refractivity contribution is 5.63. The van der Waals surface area contributed by atoms with Crippen LogP contribution in [0.2, 0.25) is 0 Å². The van der Waals surface area contributed by atoms with Gasteiger partial charge in [-0.05, 0) is 43.0 Å². The van der Waals surface area contributed by atoms with Gasteiger partial charge in [0.1, 0.15) is 12.0 Å². The summed E-state index contributed by atoms with van der Waals surface area (Å²) in [5.74, 6) is 1.06. The Morgan fingerprint density at radius 2 is 1.55 bits per heavy atom. The van der Waals surface area contributed by atoms with E-state index < -0.39 is 0 Å². The Labute approximate surface area is 168 Å². The smallest absolute Gasteiger partial charge is 0.219 e. The van der Waals surface area contributed by atoms with Crippen LogP contribution >= 0.6 is 0 Å². The molecule has 1 saturated carbocycles. The summed E-state index contributed by atoms with van der Waals surface area (Å²) < 4.78 is 5.97. The van der Waals surface area contributed by atoms with Crippen molar-refractivity contribution in [1.29, 1.82) is 0 Å². The van der Waals surface area contributed by atoms with Gasteiger partial charge >= 0.3 is 0 Å². The number of nitrogens with zero attached hydrogens (tertiary/aromatic N) is 4. The van der Waals surface area contributed by atoms with Crippen molar-refractivity contribution in [1.82, 2.24) is 19.9 Å². The molecule has 0 bridgehead atoms. The van der Waals surface area contributed by atoms with Crippen LogP contribution < -0.4 is 5.73 Å². The normalized spacial score (nSPS) is 15.1. The summed E-state index contributed by atoms with van der Waals surface area (Å²) in [6.07, 6.45) is 10.3. The predicted molar refractivity (Wildman–Crippen MR) is 111 cm³/mol. The molecule has 1 fully saturated rings. The van der Waals surface area contributed by atoms with Crippen molar-refractivity contribution < 1.29 is 4.42 Å². The lowest BCUT2D eigenvalue weighted by Gasteiger charge is -2.39. The molecule has 0 saturated heterocycles. The molecule has 5 rings (SSSR count). The minimum Gasteiger partial charge on any atom is -0.447 e. The number of hydrogen-bond acceptors (Lipinski definition) is 6. The lowest BCUT2D eigenvalue weighted by atomic mass is 9.64. The third-order valence-corrected chi connectivity index (χ3v) is 5.77. The molecule has 1 aromatic carbocycles. The maximum atomic E-state index is 5.97. The number of pyridine rings is 1. The Kier molecular flexibility index (Phi) is 4.12. The highest BCUT2D eigenvalue weighted by Crippen LogP contribution is 2.49. The van der Waals surface area contributed by atoms with E-state index in [0.29, 0.717) is 0 Å². The van der Waals surface area contributed by atoms with Crippen molar-refractivity contribution in [2.75, 3.05) is 5.73 Å². The largest absolute Gasteiger partial charge is 0.447 e. The average Bonchev–Trinajstić information content (AvgIpc) is 3.19. The van der Waals surface area contributed by atoms with E-state index in [0.717, 1.165) is 53.2 Å². The number of anilines is 1. The molecule has 6 nitrogen and oxygen atoms in total. The third-order valence-electron chi connectivity index (χ3n) is 5.77. The standard InChI is InChI=1S/C23H21N5O/c1-15-3-4-17(11-25-15)20-14-29-21(28-20)23(9-2-10-23)19-7-5-16(6-8-19)18-12-26-22(24)27-13-18/h3-8,11-14H,2,9-10H2,1H3,(H2,24,26,27).